The van der Waals surface area contributed by atoms with Gasteiger partial charge >= 0.3 is 0 Å². The lowest BCUT2D eigenvalue weighted by Gasteiger charge is -2.11. The zero-order chi connectivity index (χ0) is 20.2. The fourth-order valence-electron chi connectivity index (χ4n) is 2.29. The zero-order valence-corrected chi connectivity index (χ0v) is 16.3. The normalized spacial score (nSPS) is 10.5. The van der Waals surface area contributed by atoms with Crippen LogP contribution in [0.5, 0.6) is 17.2 Å². The van der Waals surface area contributed by atoms with Crippen molar-refractivity contribution in [1.29, 1.82) is 0 Å². The van der Waals surface area contributed by atoms with Gasteiger partial charge in [0, 0.05) is 5.56 Å². The van der Waals surface area contributed by atoms with Crippen LogP contribution in [0.4, 0.5) is 0 Å². The van der Waals surface area contributed by atoms with E-state index < -0.39 is 0 Å². The van der Waals surface area contributed by atoms with Gasteiger partial charge in [-0.15, -0.1) is 0 Å². The van der Waals surface area contributed by atoms with Crippen LogP contribution >= 0.6 is 0 Å². The van der Waals surface area contributed by atoms with Crippen molar-refractivity contribution in [3.63, 3.8) is 0 Å². The van der Waals surface area contributed by atoms with Crippen LogP contribution in [0, 0.1) is 0 Å². The van der Waals surface area contributed by atoms with Crippen molar-refractivity contribution in [2.45, 2.75) is 20.3 Å². The Bertz CT molecular complexity index is 801. The molecule has 0 heterocycles. The summed E-state index contributed by atoms with van der Waals surface area (Å²) in [5.74, 6) is 1.69. The predicted octanol–water partition coefficient (Wildman–Crippen LogP) is 4.20. The minimum atomic E-state index is -0.297. The monoisotopic (exact) mass is 382 g/mol. The molecule has 0 aliphatic heterocycles. The molecule has 0 aliphatic carbocycles. The number of hydrazone groups is 1. The first kappa shape index (κ1) is 21.0. The maximum absolute atomic E-state index is 12.2. The van der Waals surface area contributed by atoms with Crippen LogP contribution in [0.2, 0.25) is 0 Å². The highest BCUT2D eigenvalue weighted by Crippen LogP contribution is 2.28. The summed E-state index contributed by atoms with van der Waals surface area (Å²) in [6.45, 7) is 9.13. The average molecular weight is 382 g/mol. The van der Waals surface area contributed by atoms with Crippen LogP contribution < -0.4 is 19.6 Å². The van der Waals surface area contributed by atoms with Gasteiger partial charge in [-0.3, -0.25) is 4.79 Å². The van der Waals surface area contributed by atoms with Crippen molar-refractivity contribution >= 4 is 12.1 Å². The van der Waals surface area contributed by atoms with E-state index in [9.17, 15) is 4.79 Å². The summed E-state index contributed by atoms with van der Waals surface area (Å²) in [6, 6.07) is 12.4. The van der Waals surface area contributed by atoms with E-state index in [1.54, 1.807) is 48.7 Å². The van der Waals surface area contributed by atoms with E-state index in [4.69, 9.17) is 14.2 Å². The Kier molecular flexibility index (Phi) is 8.59. The molecule has 2 rings (SSSR count). The molecule has 6 nitrogen and oxygen atoms in total. The summed E-state index contributed by atoms with van der Waals surface area (Å²) < 4.78 is 16.7. The Morgan fingerprint density at radius 3 is 2.54 bits per heavy atom. The summed E-state index contributed by atoms with van der Waals surface area (Å²) in [4.78, 5) is 12.2. The van der Waals surface area contributed by atoms with Gasteiger partial charge in [0.2, 0.25) is 0 Å². The second-order valence-electron chi connectivity index (χ2n) is 5.81. The molecule has 0 atom stereocenters. The minimum Gasteiger partial charge on any atom is -0.494 e. The Balaban J connectivity index is 1.98. The van der Waals surface area contributed by atoms with Crippen molar-refractivity contribution < 1.29 is 19.0 Å². The molecular weight excluding hydrogens is 356 g/mol. The van der Waals surface area contributed by atoms with Crippen molar-refractivity contribution in [1.82, 2.24) is 5.43 Å². The van der Waals surface area contributed by atoms with Gasteiger partial charge < -0.3 is 14.2 Å². The molecule has 0 saturated carbocycles. The molecule has 0 saturated heterocycles. The number of carbonyl (C=O) groups excluding carboxylic acids is 1. The molecule has 0 radical (unpaired) electrons. The maximum atomic E-state index is 12.2. The highest BCUT2D eigenvalue weighted by molar-refractivity contribution is 5.95. The predicted molar refractivity (Wildman–Crippen MR) is 111 cm³/mol. The van der Waals surface area contributed by atoms with E-state index in [0.29, 0.717) is 36.9 Å². The maximum Gasteiger partial charge on any atom is 0.271 e. The first-order valence-electron chi connectivity index (χ1n) is 9.24. The van der Waals surface area contributed by atoms with E-state index in [0.717, 1.165) is 17.7 Å². The van der Waals surface area contributed by atoms with Crippen molar-refractivity contribution in [3.8, 4) is 17.2 Å². The first-order valence-corrected chi connectivity index (χ1v) is 9.24. The molecule has 0 fully saturated rings. The van der Waals surface area contributed by atoms with Crippen LogP contribution in [-0.2, 0) is 0 Å². The van der Waals surface area contributed by atoms with Gasteiger partial charge in [-0.2, -0.15) is 5.10 Å². The second-order valence-corrected chi connectivity index (χ2v) is 5.81. The smallest absolute Gasteiger partial charge is 0.271 e. The van der Waals surface area contributed by atoms with Crippen molar-refractivity contribution in [3.05, 3.63) is 66.2 Å². The number of ether oxygens (including phenoxy) is 3. The van der Waals surface area contributed by atoms with Gasteiger partial charge in [-0.1, -0.05) is 19.6 Å². The van der Waals surface area contributed by atoms with Crippen molar-refractivity contribution in [2.24, 2.45) is 5.10 Å². The summed E-state index contributed by atoms with van der Waals surface area (Å²) in [5.41, 5.74) is 3.79. The average Bonchev–Trinajstić information content (AvgIpc) is 2.72. The molecule has 2 aromatic carbocycles. The lowest BCUT2D eigenvalue weighted by Crippen LogP contribution is -2.17. The third-order valence-electron chi connectivity index (χ3n) is 3.59. The molecule has 6 heteroatoms. The van der Waals surface area contributed by atoms with Gasteiger partial charge in [0.25, 0.3) is 5.91 Å². The van der Waals surface area contributed by atoms with Crippen LogP contribution in [0.25, 0.3) is 0 Å². The largest absolute Gasteiger partial charge is 0.494 e. The van der Waals surface area contributed by atoms with E-state index in [2.05, 4.69) is 17.1 Å². The third kappa shape index (κ3) is 6.46. The Morgan fingerprint density at radius 1 is 1.07 bits per heavy atom. The molecule has 28 heavy (non-hydrogen) atoms. The molecule has 1 amide bonds. The number of benzene rings is 2. The fraction of sp³-hybridized carbons (Fsp3) is 0.273. The lowest BCUT2D eigenvalue weighted by atomic mass is 10.2. The first-order chi connectivity index (χ1) is 13.7. The number of carbonyl (C=O) groups is 1. The molecule has 0 unspecified atom stereocenters. The van der Waals surface area contributed by atoms with E-state index in [1.165, 1.54) is 0 Å². The van der Waals surface area contributed by atoms with Gasteiger partial charge in [0.05, 0.1) is 19.4 Å². The molecule has 0 bridgehead atoms. The quantitative estimate of drug-likeness (QED) is 0.359. The number of amides is 1. The Hall–Kier alpha value is -3.28. The van der Waals surface area contributed by atoms with Gasteiger partial charge in [-0.05, 0) is 61.4 Å². The van der Waals surface area contributed by atoms with Crippen molar-refractivity contribution in [2.75, 3.05) is 19.8 Å². The molecule has 1 N–H and O–H groups in total. The second kappa shape index (κ2) is 11.4. The van der Waals surface area contributed by atoms with Gasteiger partial charge in [0.15, 0.2) is 11.5 Å². The number of hydrogen-bond donors (Lipinski definition) is 1. The highest BCUT2D eigenvalue weighted by Gasteiger charge is 2.06. The molecular formula is C22H26N2O4. The van der Waals surface area contributed by atoms with E-state index >= 15 is 0 Å². The number of nitrogens with one attached hydrogen (secondary N) is 1. The molecule has 2 aromatic rings. The van der Waals surface area contributed by atoms with Gasteiger partial charge in [-0.25, -0.2) is 5.43 Å². The molecule has 148 valence electrons. The SMILES string of the molecule is C=CCOc1ccc(/C=N\NC(=O)c2ccc(OCCC)cc2)cc1OCC. The number of nitrogens with zero attached hydrogens (tertiary/aromatic N) is 1. The van der Waals surface area contributed by atoms with E-state index in [-0.39, 0.29) is 5.91 Å². The number of rotatable bonds is 11. The molecule has 0 spiro atoms. The number of hydrogen-bond acceptors (Lipinski definition) is 5. The highest BCUT2D eigenvalue weighted by atomic mass is 16.5. The fourth-order valence-corrected chi connectivity index (χ4v) is 2.29. The summed E-state index contributed by atoms with van der Waals surface area (Å²) in [5, 5.41) is 4.01. The third-order valence-corrected chi connectivity index (χ3v) is 3.59. The van der Waals surface area contributed by atoms with Gasteiger partial charge in [0.1, 0.15) is 12.4 Å². The zero-order valence-electron chi connectivity index (χ0n) is 16.3. The molecule has 0 aliphatic rings. The van der Waals surface area contributed by atoms with Crippen LogP contribution in [0.1, 0.15) is 36.2 Å². The molecule has 0 aromatic heterocycles. The Morgan fingerprint density at radius 2 is 1.86 bits per heavy atom. The lowest BCUT2D eigenvalue weighted by molar-refractivity contribution is 0.0955. The standard InChI is InChI=1S/C22H26N2O4/c1-4-13-27-19-10-8-18(9-11-19)22(25)24-23-16-17-7-12-20(28-14-5-2)21(15-17)26-6-3/h5,7-12,15-16H,2,4,6,13-14H2,1,3H3,(H,24,25)/b23-16-. The summed E-state index contributed by atoms with van der Waals surface area (Å²) >= 11 is 0. The Labute approximate surface area is 165 Å². The summed E-state index contributed by atoms with van der Waals surface area (Å²) in [7, 11) is 0. The topological polar surface area (TPSA) is 69.2 Å². The minimum absolute atomic E-state index is 0.297. The van der Waals surface area contributed by atoms with Crippen LogP contribution in [0.3, 0.4) is 0 Å². The summed E-state index contributed by atoms with van der Waals surface area (Å²) in [6.07, 6.45) is 4.16. The van der Waals surface area contributed by atoms with Crippen LogP contribution in [-0.4, -0.2) is 31.9 Å². The van der Waals surface area contributed by atoms with Crippen LogP contribution in [0.15, 0.2) is 60.2 Å². The van der Waals surface area contributed by atoms with E-state index in [1.807, 2.05) is 19.9 Å².